The first-order valence-electron chi connectivity index (χ1n) is 8.59. The van der Waals surface area contributed by atoms with Crippen LogP contribution in [0.1, 0.15) is 37.8 Å². The van der Waals surface area contributed by atoms with Crippen LogP contribution >= 0.6 is 8.30 Å². The molecule has 0 aromatic heterocycles. The molecule has 2 nitrogen and oxygen atoms in total. The molecule has 2 heterocycles. The molecule has 2 aromatic carbocycles. The van der Waals surface area contributed by atoms with Gasteiger partial charge < -0.3 is 4.52 Å². The standard InChI is InChI=1S/C20H24NOP/c1-16(2)23-21-15-9-14-19(21)20(22-23,17-10-5-3-6-11-17)18-12-7-4-8-13-18/h3-8,10-13,16,19H,9,14-15H2,1-2H3/t19-,23?/m0/s1. The molecule has 0 saturated carbocycles. The van der Waals surface area contributed by atoms with Crippen molar-refractivity contribution in [1.82, 2.24) is 4.67 Å². The van der Waals surface area contributed by atoms with Crippen LogP contribution in [-0.4, -0.2) is 22.9 Å². The Labute approximate surface area is 140 Å². The maximum absolute atomic E-state index is 6.94. The highest BCUT2D eigenvalue weighted by Gasteiger charge is 2.57. The molecule has 0 spiro atoms. The lowest BCUT2D eigenvalue weighted by molar-refractivity contribution is 0.112. The Kier molecular flexibility index (Phi) is 4.01. The molecule has 1 unspecified atom stereocenters. The molecule has 4 rings (SSSR count). The Bertz CT molecular complexity index is 618. The average Bonchev–Trinajstić information content (AvgIpc) is 3.18. The van der Waals surface area contributed by atoms with Gasteiger partial charge in [0.1, 0.15) is 13.9 Å². The van der Waals surface area contributed by atoms with Gasteiger partial charge in [-0.15, -0.1) is 0 Å². The fraction of sp³-hybridized carbons (Fsp3) is 0.400. The molecule has 2 fully saturated rings. The third kappa shape index (κ3) is 2.36. The molecule has 0 amide bonds. The Balaban J connectivity index is 1.90. The first kappa shape index (κ1) is 15.3. The molecular weight excluding hydrogens is 301 g/mol. The van der Waals surface area contributed by atoms with Crippen LogP contribution in [-0.2, 0) is 10.1 Å². The lowest BCUT2D eigenvalue weighted by Gasteiger charge is -2.34. The van der Waals surface area contributed by atoms with Gasteiger partial charge in [-0.25, -0.2) is 0 Å². The van der Waals surface area contributed by atoms with Gasteiger partial charge in [0.25, 0.3) is 0 Å². The van der Waals surface area contributed by atoms with Crippen LogP contribution in [0.4, 0.5) is 0 Å². The second kappa shape index (κ2) is 6.02. The third-order valence-corrected chi connectivity index (χ3v) is 7.38. The van der Waals surface area contributed by atoms with Crippen molar-refractivity contribution < 1.29 is 4.52 Å². The summed E-state index contributed by atoms with van der Waals surface area (Å²) in [5, 5.41) is 0. The Hall–Kier alpha value is -1.21. The molecule has 0 radical (unpaired) electrons. The lowest BCUT2D eigenvalue weighted by atomic mass is 9.79. The first-order valence-corrected chi connectivity index (χ1v) is 9.87. The summed E-state index contributed by atoms with van der Waals surface area (Å²) in [4.78, 5) is 0. The molecule has 0 aliphatic carbocycles. The van der Waals surface area contributed by atoms with Gasteiger partial charge >= 0.3 is 0 Å². The Morgan fingerprint density at radius 3 is 2.09 bits per heavy atom. The molecule has 3 heteroatoms. The zero-order valence-electron chi connectivity index (χ0n) is 13.9. The summed E-state index contributed by atoms with van der Waals surface area (Å²) in [5.74, 6) is 0. The summed E-state index contributed by atoms with van der Waals surface area (Å²) in [5.41, 5.74) is 2.84. The van der Waals surface area contributed by atoms with Gasteiger partial charge in [-0.3, -0.25) is 4.67 Å². The van der Waals surface area contributed by atoms with Crippen LogP contribution < -0.4 is 0 Å². The van der Waals surface area contributed by atoms with Crippen molar-refractivity contribution >= 4 is 8.30 Å². The van der Waals surface area contributed by atoms with E-state index in [2.05, 4.69) is 79.2 Å². The second-order valence-corrected chi connectivity index (χ2v) is 9.11. The minimum Gasteiger partial charge on any atom is -0.326 e. The molecule has 2 atom stereocenters. The van der Waals surface area contributed by atoms with Crippen molar-refractivity contribution in [3.05, 3.63) is 71.8 Å². The molecule has 0 N–H and O–H groups in total. The molecule has 2 aliphatic rings. The SMILES string of the molecule is CC(C)P1OC(c2ccccc2)(c2ccccc2)[C@@H]2CCCN21. The highest BCUT2D eigenvalue weighted by atomic mass is 31.2. The number of rotatable bonds is 3. The fourth-order valence-corrected chi connectivity index (χ4v) is 6.52. The molecular formula is C20H24NOP. The molecule has 0 bridgehead atoms. The van der Waals surface area contributed by atoms with E-state index in [0.29, 0.717) is 11.7 Å². The Morgan fingerprint density at radius 2 is 1.57 bits per heavy atom. The van der Waals surface area contributed by atoms with Gasteiger partial charge in [0.15, 0.2) is 0 Å². The third-order valence-electron chi connectivity index (χ3n) is 5.03. The van der Waals surface area contributed by atoms with Crippen LogP contribution in [0.5, 0.6) is 0 Å². The van der Waals surface area contributed by atoms with E-state index < -0.39 is 8.30 Å². The summed E-state index contributed by atoms with van der Waals surface area (Å²) < 4.78 is 9.61. The number of benzene rings is 2. The van der Waals surface area contributed by atoms with E-state index in [0.717, 1.165) is 0 Å². The quantitative estimate of drug-likeness (QED) is 0.724. The van der Waals surface area contributed by atoms with Gasteiger partial charge in [-0.2, -0.15) is 0 Å². The maximum Gasteiger partial charge on any atom is 0.140 e. The molecule has 120 valence electrons. The summed E-state index contributed by atoms with van der Waals surface area (Å²) in [6.45, 7) is 5.77. The predicted molar refractivity (Wildman–Crippen MR) is 96.5 cm³/mol. The average molecular weight is 325 g/mol. The van der Waals surface area contributed by atoms with Crippen molar-refractivity contribution in [3.8, 4) is 0 Å². The van der Waals surface area contributed by atoms with Gasteiger partial charge in [0.05, 0.1) is 6.04 Å². The van der Waals surface area contributed by atoms with Crippen LogP contribution in [0.15, 0.2) is 60.7 Å². The van der Waals surface area contributed by atoms with Crippen molar-refractivity contribution in [1.29, 1.82) is 0 Å². The Morgan fingerprint density at radius 1 is 1.00 bits per heavy atom. The van der Waals surface area contributed by atoms with E-state index in [4.69, 9.17) is 4.52 Å². The summed E-state index contributed by atoms with van der Waals surface area (Å²) >= 11 is 0. The maximum atomic E-state index is 6.94. The van der Waals surface area contributed by atoms with Crippen LogP contribution in [0.2, 0.25) is 0 Å². The van der Waals surface area contributed by atoms with Crippen LogP contribution in [0.25, 0.3) is 0 Å². The zero-order chi connectivity index (χ0) is 15.9. The lowest BCUT2D eigenvalue weighted by Crippen LogP contribution is -2.40. The summed E-state index contributed by atoms with van der Waals surface area (Å²) in [6.07, 6.45) is 2.50. The second-order valence-electron chi connectivity index (χ2n) is 6.78. The highest BCUT2D eigenvalue weighted by molar-refractivity contribution is 7.51. The van der Waals surface area contributed by atoms with Crippen LogP contribution in [0, 0.1) is 0 Å². The van der Waals surface area contributed by atoms with Gasteiger partial charge in [0.2, 0.25) is 0 Å². The summed E-state index contributed by atoms with van der Waals surface area (Å²) in [6, 6.07) is 22.1. The van der Waals surface area contributed by atoms with Gasteiger partial charge in [-0.1, -0.05) is 74.5 Å². The monoisotopic (exact) mass is 325 g/mol. The van der Waals surface area contributed by atoms with Crippen molar-refractivity contribution in [2.24, 2.45) is 0 Å². The summed E-state index contributed by atoms with van der Waals surface area (Å²) in [7, 11) is -0.546. The number of fused-ring (bicyclic) bond motifs is 1. The van der Waals surface area contributed by atoms with E-state index in [9.17, 15) is 0 Å². The van der Waals surface area contributed by atoms with Gasteiger partial charge in [0, 0.05) is 12.2 Å². The van der Waals surface area contributed by atoms with Crippen molar-refractivity contribution in [2.45, 2.75) is 44.0 Å². The first-order chi connectivity index (χ1) is 11.2. The van der Waals surface area contributed by atoms with E-state index in [-0.39, 0.29) is 5.60 Å². The van der Waals surface area contributed by atoms with E-state index in [1.165, 1.54) is 30.5 Å². The van der Waals surface area contributed by atoms with E-state index in [1.807, 2.05) is 0 Å². The van der Waals surface area contributed by atoms with Crippen molar-refractivity contribution in [3.63, 3.8) is 0 Å². The largest absolute Gasteiger partial charge is 0.326 e. The number of hydrogen-bond acceptors (Lipinski definition) is 2. The smallest absolute Gasteiger partial charge is 0.140 e. The topological polar surface area (TPSA) is 12.5 Å². The van der Waals surface area contributed by atoms with Crippen molar-refractivity contribution in [2.75, 3.05) is 6.54 Å². The van der Waals surface area contributed by atoms with E-state index >= 15 is 0 Å². The highest BCUT2D eigenvalue weighted by Crippen LogP contribution is 2.66. The predicted octanol–water partition coefficient (Wildman–Crippen LogP) is 5.15. The fourth-order valence-electron chi connectivity index (χ4n) is 4.09. The molecule has 23 heavy (non-hydrogen) atoms. The molecule has 2 aromatic rings. The zero-order valence-corrected chi connectivity index (χ0v) is 14.7. The van der Waals surface area contributed by atoms with Gasteiger partial charge in [-0.05, 0) is 24.0 Å². The van der Waals surface area contributed by atoms with Crippen LogP contribution in [0.3, 0.4) is 0 Å². The number of nitrogens with zero attached hydrogens (tertiary/aromatic N) is 1. The minimum absolute atomic E-state index is 0.311. The normalized spacial score (nSPS) is 26.6. The minimum atomic E-state index is -0.546. The number of hydrogen-bond donors (Lipinski definition) is 0. The molecule has 2 aliphatic heterocycles. The molecule has 2 saturated heterocycles. The van der Waals surface area contributed by atoms with E-state index in [1.54, 1.807) is 0 Å².